The van der Waals surface area contributed by atoms with Crippen molar-refractivity contribution >= 4 is 41.7 Å². The van der Waals surface area contributed by atoms with E-state index in [1.165, 1.54) is 11.0 Å². The summed E-state index contributed by atoms with van der Waals surface area (Å²) in [6.07, 6.45) is 0.877. The van der Waals surface area contributed by atoms with Gasteiger partial charge in [-0.1, -0.05) is 12.1 Å². The van der Waals surface area contributed by atoms with Gasteiger partial charge in [-0.15, -0.1) is 12.4 Å². The van der Waals surface area contributed by atoms with Gasteiger partial charge in [-0.25, -0.2) is 4.39 Å². The maximum Gasteiger partial charge on any atom is 0.249 e. The second kappa shape index (κ2) is 8.69. The van der Waals surface area contributed by atoms with Crippen molar-refractivity contribution in [1.29, 1.82) is 0 Å². The van der Waals surface area contributed by atoms with Gasteiger partial charge in [0.05, 0.1) is 5.69 Å². The van der Waals surface area contributed by atoms with Crippen molar-refractivity contribution in [2.24, 2.45) is 0 Å². The molecule has 2 N–H and O–H groups in total. The first kappa shape index (κ1) is 19.0. The van der Waals surface area contributed by atoms with E-state index in [4.69, 9.17) is 0 Å². The third-order valence-electron chi connectivity index (χ3n) is 4.11. The molecule has 2 saturated heterocycles. The Bertz CT molecular complexity index is 598. The van der Waals surface area contributed by atoms with Crippen molar-refractivity contribution in [3.05, 3.63) is 30.1 Å². The number of hydrogen-bond donors (Lipinski definition) is 2. The molecular formula is C16H21ClFN3O2S. The van der Waals surface area contributed by atoms with E-state index in [9.17, 15) is 14.0 Å². The fourth-order valence-corrected chi connectivity index (χ4v) is 3.90. The molecule has 0 spiro atoms. The number of amides is 2. The van der Waals surface area contributed by atoms with Crippen LogP contribution in [0.2, 0.25) is 0 Å². The van der Waals surface area contributed by atoms with E-state index in [2.05, 4.69) is 10.6 Å². The molecule has 3 rings (SSSR count). The number of hydrogen-bond acceptors (Lipinski definition) is 4. The minimum atomic E-state index is -0.557. The highest BCUT2D eigenvalue weighted by Gasteiger charge is 2.35. The first-order valence-electron chi connectivity index (χ1n) is 7.81. The Morgan fingerprint density at radius 1 is 1.42 bits per heavy atom. The lowest BCUT2D eigenvalue weighted by Crippen LogP contribution is -2.46. The number of carbonyl (C=O) groups is 2. The Balaban J connectivity index is 0.00000208. The average Bonchev–Trinajstić information content (AvgIpc) is 2.90. The Morgan fingerprint density at radius 2 is 2.21 bits per heavy atom. The Hall–Kier alpha value is -1.31. The molecule has 2 aliphatic rings. The van der Waals surface area contributed by atoms with Crippen molar-refractivity contribution in [3.8, 4) is 0 Å². The summed E-state index contributed by atoms with van der Waals surface area (Å²) in [4.78, 5) is 25.9. The fraction of sp³-hybridized carbons (Fsp3) is 0.500. The lowest BCUT2D eigenvalue weighted by Gasteiger charge is -2.23. The van der Waals surface area contributed by atoms with Crippen LogP contribution in [0.5, 0.6) is 0 Å². The van der Waals surface area contributed by atoms with Crippen molar-refractivity contribution in [3.63, 3.8) is 0 Å². The Morgan fingerprint density at radius 3 is 2.92 bits per heavy atom. The van der Waals surface area contributed by atoms with Crippen LogP contribution in [0.3, 0.4) is 0 Å². The van der Waals surface area contributed by atoms with E-state index in [-0.39, 0.29) is 36.0 Å². The fourth-order valence-electron chi connectivity index (χ4n) is 2.95. The molecule has 2 amide bonds. The first-order chi connectivity index (χ1) is 11.1. The molecule has 0 aromatic heterocycles. The highest BCUT2D eigenvalue weighted by atomic mass is 35.5. The van der Waals surface area contributed by atoms with Crippen molar-refractivity contribution < 1.29 is 14.0 Å². The summed E-state index contributed by atoms with van der Waals surface area (Å²) in [7, 11) is 0. The quantitative estimate of drug-likeness (QED) is 0.841. The molecule has 0 saturated carbocycles. The predicted molar refractivity (Wildman–Crippen MR) is 96.3 cm³/mol. The van der Waals surface area contributed by atoms with E-state index in [1.807, 2.05) is 11.8 Å². The van der Waals surface area contributed by atoms with Gasteiger partial charge < -0.3 is 15.5 Å². The molecule has 132 valence electrons. The van der Waals surface area contributed by atoms with Crippen LogP contribution in [0.25, 0.3) is 0 Å². The number of benzene rings is 1. The van der Waals surface area contributed by atoms with E-state index >= 15 is 0 Å². The molecule has 1 aromatic rings. The topological polar surface area (TPSA) is 61.4 Å². The van der Waals surface area contributed by atoms with Crippen LogP contribution in [0.4, 0.5) is 10.1 Å². The largest absolute Gasteiger partial charge is 0.344 e. The molecule has 0 bridgehead atoms. The molecule has 2 unspecified atom stereocenters. The number of anilines is 1. The van der Waals surface area contributed by atoms with E-state index in [1.54, 1.807) is 18.2 Å². The van der Waals surface area contributed by atoms with Crippen molar-refractivity contribution in [2.45, 2.75) is 24.9 Å². The van der Waals surface area contributed by atoms with Gasteiger partial charge in [0.25, 0.3) is 0 Å². The molecule has 1 aromatic carbocycles. The van der Waals surface area contributed by atoms with Crippen LogP contribution >= 0.6 is 24.2 Å². The Kier molecular flexibility index (Phi) is 6.89. The number of carbonyl (C=O) groups excluding carboxylic acids is 2. The van der Waals surface area contributed by atoms with Crippen molar-refractivity contribution in [1.82, 2.24) is 10.6 Å². The molecule has 2 heterocycles. The maximum absolute atomic E-state index is 13.8. The number of thioether (sulfide) groups is 1. The first-order valence-corrected chi connectivity index (χ1v) is 8.97. The summed E-state index contributed by atoms with van der Waals surface area (Å²) in [5.41, 5.74) is 0.277. The van der Waals surface area contributed by atoms with Crippen molar-refractivity contribution in [2.75, 3.05) is 29.5 Å². The van der Waals surface area contributed by atoms with E-state index in [0.29, 0.717) is 19.4 Å². The summed E-state index contributed by atoms with van der Waals surface area (Å²) in [6, 6.07) is 5.81. The van der Waals surface area contributed by atoms with Gasteiger partial charge >= 0.3 is 0 Å². The van der Waals surface area contributed by atoms with Gasteiger partial charge in [0.1, 0.15) is 11.9 Å². The SMILES string of the molecule is Cl.O=C(CC1CSCCN1)NC1CCN(c2ccccc2F)C1=O. The number of para-hydroxylation sites is 1. The van der Waals surface area contributed by atoms with E-state index < -0.39 is 11.9 Å². The standard InChI is InChI=1S/C16H20FN3O2S.ClH/c17-12-3-1-2-4-14(12)20-7-5-13(16(20)22)19-15(21)9-11-10-23-8-6-18-11;/h1-4,11,13,18H,5-10H2,(H,19,21);1H. The minimum Gasteiger partial charge on any atom is -0.344 e. The molecule has 2 atom stereocenters. The molecule has 0 radical (unpaired) electrons. The monoisotopic (exact) mass is 373 g/mol. The van der Waals surface area contributed by atoms with Gasteiger partial charge in [0.15, 0.2) is 0 Å². The van der Waals surface area contributed by atoms with E-state index in [0.717, 1.165) is 18.1 Å². The predicted octanol–water partition coefficient (Wildman–Crippen LogP) is 1.56. The highest BCUT2D eigenvalue weighted by molar-refractivity contribution is 7.99. The van der Waals surface area contributed by atoms with Crippen LogP contribution in [-0.2, 0) is 9.59 Å². The Labute approximate surface area is 151 Å². The molecule has 5 nitrogen and oxygen atoms in total. The number of nitrogens with one attached hydrogen (secondary N) is 2. The summed E-state index contributed by atoms with van der Waals surface area (Å²) < 4.78 is 13.8. The van der Waals surface area contributed by atoms with Gasteiger partial charge in [-0.3, -0.25) is 9.59 Å². The summed E-state index contributed by atoms with van der Waals surface area (Å²) in [5.74, 6) is 1.19. The molecule has 2 fully saturated rings. The molecule has 8 heteroatoms. The van der Waals surface area contributed by atoms with Gasteiger partial charge in [0, 0.05) is 37.1 Å². The third-order valence-corrected chi connectivity index (χ3v) is 5.25. The lowest BCUT2D eigenvalue weighted by atomic mass is 10.2. The van der Waals surface area contributed by atoms with Gasteiger partial charge in [-0.2, -0.15) is 11.8 Å². The second-order valence-corrected chi connectivity index (χ2v) is 6.93. The maximum atomic E-state index is 13.8. The average molecular weight is 374 g/mol. The van der Waals surface area contributed by atoms with Crippen LogP contribution in [0.1, 0.15) is 12.8 Å². The molecule has 24 heavy (non-hydrogen) atoms. The normalized spacial score (nSPS) is 23.7. The number of halogens is 2. The number of nitrogens with zero attached hydrogens (tertiary/aromatic N) is 1. The van der Waals surface area contributed by atoms with Gasteiger partial charge in [0.2, 0.25) is 11.8 Å². The molecule has 2 aliphatic heterocycles. The van der Waals surface area contributed by atoms with Crippen LogP contribution < -0.4 is 15.5 Å². The highest BCUT2D eigenvalue weighted by Crippen LogP contribution is 2.24. The number of rotatable bonds is 4. The van der Waals surface area contributed by atoms with Crippen LogP contribution in [0.15, 0.2) is 24.3 Å². The summed E-state index contributed by atoms with van der Waals surface area (Å²) in [6.45, 7) is 1.33. The molecular weight excluding hydrogens is 353 g/mol. The second-order valence-electron chi connectivity index (χ2n) is 5.78. The molecule has 0 aliphatic carbocycles. The van der Waals surface area contributed by atoms with Crippen LogP contribution in [0, 0.1) is 5.82 Å². The smallest absolute Gasteiger partial charge is 0.249 e. The summed E-state index contributed by atoms with van der Waals surface area (Å²) >= 11 is 1.83. The zero-order chi connectivity index (χ0) is 16.2. The third kappa shape index (κ3) is 4.40. The van der Waals surface area contributed by atoms with Gasteiger partial charge in [-0.05, 0) is 18.6 Å². The zero-order valence-corrected chi connectivity index (χ0v) is 14.8. The minimum absolute atomic E-state index is 0. The van der Waals surface area contributed by atoms with Crippen LogP contribution in [-0.4, -0.2) is 48.5 Å². The summed E-state index contributed by atoms with van der Waals surface area (Å²) in [5, 5.41) is 6.09. The lowest BCUT2D eigenvalue weighted by molar-refractivity contribution is -0.126. The zero-order valence-electron chi connectivity index (χ0n) is 13.2.